The van der Waals surface area contributed by atoms with Crippen LogP contribution in [0.4, 0.5) is 0 Å². The summed E-state index contributed by atoms with van der Waals surface area (Å²) in [7, 11) is 0. The van der Waals surface area contributed by atoms with Gasteiger partial charge >= 0.3 is 0 Å². The monoisotopic (exact) mass is 245 g/mol. The first-order chi connectivity index (χ1) is 8.67. The molecule has 1 atom stereocenters. The molecule has 4 nitrogen and oxygen atoms in total. The van der Waals surface area contributed by atoms with Crippen molar-refractivity contribution in [2.24, 2.45) is 0 Å². The SMILES string of the molecule is CCCC(CC)n1c(=O)ccc2cnc(C)nc21. The Hall–Kier alpha value is -1.71. The zero-order valence-corrected chi connectivity index (χ0v) is 11.2. The van der Waals surface area contributed by atoms with E-state index >= 15 is 0 Å². The molecule has 0 aromatic carbocycles. The number of hydrogen-bond acceptors (Lipinski definition) is 3. The van der Waals surface area contributed by atoms with E-state index in [1.807, 2.05) is 11.5 Å². The van der Waals surface area contributed by atoms with Gasteiger partial charge in [-0.05, 0) is 25.8 Å². The molecule has 2 aromatic rings. The molecule has 0 saturated carbocycles. The highest BCUT2D eigenvalue weighted by atomic mass is 16.1. The number of rotatable bonds is 4. The summed E-state index contributed by atoms with van der Waals surface area (Å²) >= 11 is 0. The highest BCUT2D eigenvalue weighted by molar-refractivity contribution is 5.73. The van der Waals surface area contributed by atoms with E-state index in [4.69, 9.17) is 0 Å². The van der Waals surface area contributed by atoms with Gasteiger partial charge in [-0.25, -0.2) is 9.97 Å². The van der Waals surface area contributed by atoms with Crippen LogP contribution >= 0.6 is 0 Å². The van der Waals surface area contributed by atoms with Gasteiger partial charge in [0.1, 0.15) is 11.5 Å². The third kappa shape index (κ3) is 2.28. The Bertz CT molecular complexity index is 604. The minimum absolute atomic E-state index is 0.0286. The lowest BCUT2D eigenvalue weighted by Gasteiger charge is -2.19. The topological polar surface area (TPSA) is 47.8 Å². The largest absolute Gasteiger partial charge is 0.290 e. The predicted molar refractivity (Wildman–Crippen MR) is 72.8 cm³/mol. The summed E-state index contributed by atoms with van der Waals surface area (Å²) in [6, 6.07) is 3.63. The van der Waals surface area contributed by atoms with Gasteiger partial charge in [-0.15, -0.1) is 0 Å². The summed E-state index contributed by atoms with van der Waals surface area (Å²) in [5, 5.41) is 0.926. The molecule has 2 rings (SSSR count). The predicted octanol–water partition coefficient (Wildman–Crippen LogP) is 2.85. The molecule has 1 unspecified atom stereocenters. The molecular weight excluding hydrogens is 226 g/mol. The van der Waals surface area contributed by atoms with Crippen LogP contribution in [0.3, 0.4) is 0 Å². The number of nitrogens with zero attached hydrogens (tertiary/aromatic N) is 3. The van der Waals surface area contributed by atoms with Crippen LogP contribution in [0, 0.1) is 6.92 Å². The summed E-state index contributed by atoms with van der Waals surface area (Å²) in [5.41, 5.74) is 0.788. The van der Waals surface area contributed by atoms with Gasteiger partial charge in [0.05, 0.1) is 0 Å². The van der Waals surface area contributed by atoms with Gasteiger partial charge in [0.2, 0.25) is 0 Å². The van der Waals surface area contributed by atoms with Crippen molar-refractivity contribution in [1.82, 2.24) is 14.5 Å². The fourth-order valence-electron chi connectivity index (χ4n) is 2.33. The van der Waals surface area contributed by atoms with Crippen molar-refractivity contribution in [3.05, 3.63) is 34.5 Å². The van der Waals surface area contributed by atoms with Crippen LogP contribution in [0.1, 0.15) is 45.0 Å². The lowest BCUT2D eigenvalue weighted by Crippen LogP contribution is -2.25. The highest BCUT2D eigenvalue weighted by Crippen LogP contribution is 2.20. The second-order valence-corrected chi connectivity index (χ2v) is 4.59. The van der Waals surface area contributed by atoms with E-state index in [2.05, 4.69) is 23.8 Å². The smallest absolute Gasteiger partial charge is 0.252 e. The number of fused-ring (bicyclic) bond motifs is 1. The van der Waals surface area contributed by atoms with Crippen molar-refractivity contribution in [3.8, 4) is 0 Å². The standard InChI is InChI=1S/C14H19N3O/c1-4-6-12(5-2)17-13(18)8-7-11-9-15-10(3)16-14(11)17/h7-9,12H,4-6H2,1-3H3. The number of aromatic nitrogens is 3. The Morgan fingerprint density at radius 1 is 1.33 bits per heavy atom. The maximum atomic E-state index is 12.1. The molecule has 4 heteroatoms. The summed E-state index contributed by atoms with van der Waals surface area (Å²) in [5.74, 6) is 0.702. The van der Waals surface area contributed by atoms with E-state index in [0.717, 1.165) is 30.3 Å². The highest BCUT2D eigenvalue weighted by Gasteiger charge is 2.13. The van der Waals surface area contributed by atoms with Crippen LogP contribution in [0.2, 0.25) is 0 Å². The first kappa shape index (κ1) is 12.7. The molecule has 0 bridgehead atoms. The van der Waals surface area contributed by atoms with Crippen molar-refractivity contribution < 1.29 is 0 Å². The van der Waals surface area contributed by atoms with E-state index in [1.54, 1.807) is 18.3 Å². The van der Waals surface area contributed by atoms with E-state index in [1.165, 1.54) is 0 Å². The van der Waals surface area contributed by atoms with Crippen LogP contribution in [-0.2, 0) is 0 Å². The summed E-state index contributed by atoms with van der Waals surface area (Å²) in [6.07, 6.45) is 4.78. The van der Waals surface area contributed by atoms with Gasteiger partial charge in [-0.2, -0.15) is 0 Å². The number of hydrogen-bond donors (Lipinski definition) is 0. The molecule has 96 valence electrons. The number of pyridine rings is 1. The molecule has 0 aliphatic rings. The molecule has 0 aliphatic heterocycles. The molecule has 0 radical (unpaired) electrons. The average Bonchev–Trinajstić information content (AvgIpc) is 2.36. The second kappa shape index (κ2) is 5.29. The van der Waals surface area contributed by atoms with E-state index in [9.17, 15) is 4.79 Å². The van der Waals surface area contributed by atoms with Crippen LogP contribution < -0.4 is 5.56 Å². The van der Waals surface area contributed by atoms with Crippen LogP contribution in [0.15, 0.2) is 23.1 Å². The number of aryl methyl sites for hydroxylation is 1. The minimum Gasteiger partial charge on any atom is -0.290 e. The van der Waals surface area contributed by atoms with Crippen LogP contribution in [-0.4, -0.2) is 14.5 Å². The Morgan fingerprint density at radius 2 is 2.11 bits per heavy atom. The van der Waals surface area contributed by atoms with Gasteiger partial charge in [0.25, 0.3) is 5.56 Å². The second-order valence-electron chi connectivity index (χ2n) is 4.59. The summed E-state index contributed by atoms with van der Waals surface area (Å²) < 4.78 is 1.83. The quantitative estimate of drug-likeness (QED) is 0.832. The zero-order chi connectivity index (χ0) is 13.1. The lowest BCUT2D eigenvalue weighted by molar-refractivity contribution is 0.446. The van der Waals surface area contributed by atoms with E-state index in [0.29, 0.717) is 5.82 Å². The molecule has 0 aliphatic carbocycles. The van der Waals surface area contributed by atoms with Crippen LogP contribution in [0.5, 0.6) is 0 Å². The minimum atomic E-state index is 0.0286. The third-order valence-corrected chi connectivity index (χ3v) is 3.25. The Balaban J connectivity index is 2.69. The maximum Gasteiger partial charge on any atom is 0.252 e. The summed E-state index contributed by atoms with van der Waals surface area (Å²) in [4.78, 5) is 20.7. The van der Waals surface area contributed by atoms with Gasteiger partial charge in [0, 0.05) is 23.7 Å². The van der Waals surface area contributed by atoms with E-state index < -0.39 is 0 Å². The fourth-order valence-corrected chi connectivity index (χ4v) is 2.33. The first-order valence-electron chi connectivity index (χ1n) is 6.52. The van der Waals surface area contributed by atoms with Gasteiger partial charge in [-0.1, -0.05) is 20.3 Å². The lowest BCUT2D eigenvalue weighted by atomic mass is 10.1. The van der Waals surface area contributed by atoms with Gasteiger partial charge in [-0.3, -0.25) is 9.36 Å². The maximum absolute atomic E-state index is 12.1. The molecule has 18 heavy (non-hydrogen) atoms. The third-order valence-electron chi connectivity index (χ3n) is 3.25. The molecule has 0 amide bonds. The van der Waals surface area contributed by atoms with Crippen LogP contribution in [0.25, 0.3) is 11.0 Å². The van der Waals surface area contributed by atoms with Crippen molar-refractivity contribution >= 4 is 11.0 Å². The molecule has 0 saturated heterocycles. The average molecular weight is 245 g/mol. The fraction of sp³-hybridized carbons (Fsp3) is 0.500. The zero-order valence-electron chi connectivity index (χ0n) is 11.2. The Morgan fingerprint density at radius 3 is 2.78 bits per heavy atom. The van der Waals surface area contributed by atoms with E-state index in [-0.39, 0.29) is 11.6 Å². The van der Waals surface area contributed by atoms with Crippen molar-refractivity contribution in [3.63, 3.8) is 0 Å². The van der Waals surface area contributed by atoms with Crippen molar-refractivity contribution in [1.29, 1.82) is 0 Å². The van der Waals surface area contributed by atoms with Crippen molar-refractivity contribution in [2.75, 3.05) is 0 Å². The van der Waals surface area contributed by atoms with Crippen molar-refractivity contribution in [2.45, 2.75) is 46.1 Å². The Kier molecular flexibility index (Phi) is 3.75. The first-order valence-corrected chi connectivity index (χ1v) is 6.52. The molecule has 2 heterocycles. The molecular formula is C14H19N3O. The molecule has 0 fully saturated rings. The molecule has 0 N–H and O–H groups in total. The summed E-state index contributed by atoms with van der Waals surface area (Å²) in [6.45, 7) is 6.10. The van der Waals surface area contributed by atoms with Gasteiger partial charge in [0.15, 0.2) is 0 Å². The Labute approximate surface area is 107 Å². The molecule has 2 aromatic heterocycles. The molecule has 0 spiro atoms. The van der Waals surface area contributed by atoms with Gasteiger partial charge < -0.3 is 0 Å². The normalized spacial score (nSPS) is 12.8.